The van der Waals surface area contributed by atoms with Crippen LogP contribution >= 0.6 is 0 Å². The monoisotopic (exact) mass is 1030 g/mol. The number of benzene rings is 2. The van der Waals surface area contributed by atoms with Crippen LogP contribution < -0.4 is 0 Å². The zero-order valence-electron chi connectivity index (χ0n) is 35.2. The van der Waals surface area contributed by atoms with Crippen molar-refractivity contribution in [3.05, 3.63) is 91.3 Å². The van der Waals surface area contributed by atoms with E-state index >= 15 is 0 Å². The first-order valence-electron chi connectivity index (χ1n) is 18.0. The summed E-state index contributed by atoms with van der Waals surface area (Å²) < 4.78 is 179. The summed E-state index contributed by atoms with van der Waals surface area (Å²) in [5, 5.41) is 0. The van der Waals surface area contributed by atoms with E-state index in [1.165, 1.54) is 27.7 Å². The highest BCUT2D eigenvalue weighted by Crippen LogP contribution is 2.31. The first kappa shape index (κ1) is 55.8. The molecule has 0 spiro atoms. The van der Waals surface area contributed by atoms with Crippen LogP contribution in [0.25, 0.3) is 0 Å². The Morgan fingerprint density at radius 2 is 0.682 bits per heavy atom. The molecule has 1 unspecified atom stereocenters. The Morgan fingerprint density at radius 1 is 0.439 bits per heavy atom. The summed E-state index contributed by atoms with van der Waals surface area (Å²) in [4.78, 5) is 55.0. The summed E-state index contributed by atoms with van der Waals surface area (Å²) in [5.41, 5.74) is -0.525. The molecular formula is C36H40O25S5. The van der Waals surface area contributed by atoms with Gasteiger partial charge in [0.15, 0.2) is 6.61 Å². The van der Waals surface area contributed by atoms with Gasteiger partial charge in [-0.2, -0.15) is 42.1 Å². The molecule has 0 heterocycles. The minimum Gasteiger partial charge on any atom is -0.460 e. The molecule has 0 radical (unpaired) electrons. The van der Waals surface area contributed by atoms with Crippen molar-refractivity contribution in [1.82, 2.24) is 0 Å². The molecule has 30 heteroatoms. The lowest BCUT2D eigenvalue weighted by atomic mass is 10.1. The summed E-state index contributed by atoms with van der Waals surface area (Å²) in [7, 11) is -26.6. The van der Waals surface area contributed by atoms with E-state index in [-0.39, 0.29) is 44.6 Å². The van der Waals surface area contributed by atoms with Crippen LogP contribution in [0, 0.1) is 0 Å². The molecule has 1 atom stereocenters. The molecule has 0 aliphatic carbocycles. The summed E-state index contributed by atoms with van der Waals surface area (Å²) in [5.74, 6) is -11.5. The number of hydrogen-bond acceptors (Lipinski definition) is 25. The molecule has 2 aromatic carbocycles. The summed E-state index contributed by atoms with van der Waals surface area (Å²) in [6.07, 6.45) is -1.76. The lowest BCUT2D eigenvalue weighted by molar-refractivity contribution is -0.151. The van der Waals surface area contributed by atoms with E-state index in [4.69, 9.17) is 4.74 Å². The van der Waals surface area contributed by atoms with Gasteiger partial charge in [-0.05, 0) is 103 Å². The lowest BCUT2D eigenvalue weighted by Crippen LogP contribution is -2.20. The van der Waals surface area contributed by atoms with Crippen molar-refractivity contribution in [1.29, 1.82) is 0 Å². The van der Waals surface area contributed by atoms with Crippen LogP contribution in [0.5, 0.6) is 0 Å². The molecular weight excluding hydrogens is 993 g/mol. The Kier molecular flexibility index (Phi) is 19.2. The largest absolute Gasteiger partial charge is 0.460 e. The molecule has 0 bridgehead atoms. The van der Waals surface area contributed by atoms with Crippen molar-refractivity contribution >= 4 is 80.4 Å². The maximum Gasteiger partial charge on any atom is 0.374 e. The third kappa shape index (κ3) is 15.4. The van der Waals surface area contributed by atoms with Gasteiger partial charge in [0.05, 0.1) is 31.3 Å². The molecule has 0 saturated carbocycles. The average molecular weight is 1030 g/mol. The molecule has 0 aromatic heterocycles. The van der Waals surface area contributed by atoms with Crippen LogP contribution in [-0.4, -0.2) is 105 Å². The van der Waals surface area contributed by atoms with E-state index in [0.29, 0.717) is 18.2 Å². The zero-order chi connectivity index (χ0) is 50.6. The summed E-state index contributed by atoms with van der Waals surface area (Å²) in [6, 6.07) is 2.56. The predicted octanol–water partition coefficient (Wildman–Crippen LogP) is 1.82. The smallest absolute Gasteiger partial charge is 0.374 e. The van der Waals surface area contributed by atoms with Crippen LogP contribution in [0.2, 0.25) is 0 Å². The van der Waals surface area contributed by atoms with Crippen LogP contribution in [0.15, 0.2) is 110 Å². The molecule has 0 aliphatic heterocycles. The van der Waals surface area contributed by atoms with E-state index in [0.717, 1.165) is 6.92 Å². The van der Waals surface area contributed by atoms with Gasteiger partial charge in [0.1, 0.15) is 25.7 Å². The second-order valence-electron chi connectivity index (χ2n) is 12.0. The van der Waals surface area contributed by atoms with E-state index in [2.05, 4.69) is 66.2 Å². The van der Waals surface area contributed by atoms with Gasteiger partial charge in [-0.1, -0.05) is 0 Å². The highest BCUT2D eigenvalue weighted by molar-refractivity contribution is 7.89. The molecule has 25 nitrogen and oxygen atoms in total. The maximum absolute atomic E-state index is 13.4. The fourth-order valence-corrected chi connectivity index (χ4v) is 9.43. The molecule has 66 heavy (non-hydrogen) atoms. The first-order chi connectivity index (χ1) is 30.4. The van der Waals surface area contributed by atoms with Gasteiger partial charge in [-0.15, -0.1) is 0 Å². The van der Waals surface area contributed by atoms with Crippen molar-refractivity contribution < 1.29 is 111 Å². The highest BCUT2D eigenvalue weighted by atomic mass is 32.2. The van der Waals surface area contributed by atoms with E-state index in [9.17, 15) is 66.1 Å². The molecule has 0 N–H and O–H groups in total. The van der Waals surface area contributed by atoms with Crippen LogP contribution in [0.4, 0.5) is 0 Å². The third-order valence-electron chi connectivity index (χ3n) is 7.16. The van der Waals surface area contributed by atoms with E-state index < -0.39 is 146 Å². The Hall–Kier alpha value is -6.34. The van der Waals surface area contributed by atoms with Gasteiger partial charge < -0.3 is 40.4 Å². The number of ether oxygens (including phenoxy) is 5. The van der Waals surface area contributed by atoms with Crippen molar-refractivity contribution in [3.8, 4) is 0 Å². The topological polar surface area (TPSA) is 348 Å². The van der Waals surface area contributed by atoms with E-state index in [1.807, 2.05) is 0 Å². The van der Waals surface area contributed by atoms with Crippen LogP contribution in [0.3, 0.4) is 0 Å². The standard InChI is InChI=1S/C36H40O25S5/c1-10-52-33(38)22(6)58-63(44,45)27-14-26(15-28(16-27)64(46,47)59-23(7)34(39)53-11-2)21(5)57-32(37)20-56-62(42,43)29-17-30(65(48,49)60-24(8)35(40)54-12-3)19-31(18-29)66(50,51)61-25(9)36(41)55-13-4/h14-19,21H,6-13,20H2,1-5H3. The summed E-state index contributed by atoms with van der Waals surface area (Å²) >= 11 is 0. The lowest BCUT2D eigenvalue weighted by Gasteiger charge is -2.17. The SMILES string of the molecule is C=C(OS(=O)(=O)c1cc(C(C)OC(=O)COS(=O)(=O)c2cc(S(=O)(=O)OC(=C)C(=O)OCC)cc(S(=O)(=O)OC(=C)C(=O)OCC)c2)cc(S(=O)(=O)OC(=C)C(=O)OCC)c1)C(=O)OCC. The Labute approximate surface area is 379 Å². The Balaban J connectivity index is 2.62. The Bertz CT molecular complexity index is 2720. The van der Waals surface area contributed by atoms with Crippen molar-refractivity contribution in [2.75, 3.05) is 33.0 Å². The highest BCUT2D eigenvalue weighted by Gasteiger charge is 2.33. The van der Waals surface area contributed by atoms with Gasteiger partial charge in [-0.3, -0.25) is 4.18 Å². The van der Waals surface area contributed by atoms with Crippen molar-refractivity contribution in [2.24, 2.45) is 0 Å². The number of carbonyl (C=O) groups is 5. The third-order valence-corrected chi connectivity index (χ3v) is 13.3. The fourth-order valence-electron chi connectivity index (χ4n) is 4.29. The quantitative estimate of drug-likeness (QED) is 0.0426. The Morgan fingerprint density at radius 3 is 0.939 bits per heavy atom. The van der Waals surface area contributed by atoms with Gasteiger partial charge >= 0.3 is 70.3 Å². The molecule has 0 saturated heterocycles. The number of esters is 5. The molecule has 0 aliphatic rings. The van der Waals surface area contributed by atoms with E-state index in [1.54, 1.807) is 0 Å². The van der Waals surface area contributed by atoms with Crippen LogP contribution in [0.1, 0.15) is 46.3 Å². The average Bonchev–Trinajstić information content (AvgIpc) is 3.22. The maximum atomic E-state index is 13.4. The molecule has 0 fully saturated rings. The van der Waals surface area contributed by atoms with Gasteiger partial charge in [0, 0.05) is 0 Å². The minimum atomic E-state index is -5.48. The number of hydrogen-bond donors (Lipinski definition) is 0. The zero-order valence-corrected chi connectivity index (χ0v) is 39.2. The first-order valence-corrected chi connectivity index (χ1v) is 25.0. The van der Waals surface area contributed by atoms with Gasteiger partial charge in [0.25, 0.3) is 10.1 Å². The fraction of sp³-hybridized carbons (Fsp3) is 0.306. The van der Waals surface area contributed by atoms with Crippen molar-refractivity contribution in [2.45, 2.75) is 65.2 Å². The number of carbonyl (C=O) groups excluding carboxylic acids is 5. The molecule has 364 valence electrons. The molecule has 2 rings (SSSR count). The summed E-state index contributed by atoms with van der Waals surface area (Å²) in [6.45, 7) is 16.3. The second kappa shape index (κ2) is 22.7. The second-order valence-corrected chi connectivity index (χ2v) is 19.8. The predicted molar refractivity (Wildman–Crippen MR) is 217 cm³/mol. The van der Waals surface area contributed by atoms with Crippen molar-refractivity contribution in [3.63, 3.8) is 0 Å². The van der Waals surface area contributed by atoms with Gasteiger partial charge in [0.2, 0.25) is 23.0 Å². The minimum absolute atomic E-state index is 0.236. The van der Waals surface area contributed by atoms with Gasteiger partial charge in [-0.25, -0.2) is 24.0 Å². The number of rotatable bonds is 26. The molecule has 2 aromatic rings. The normalized spacial score (nSPS) is 12.3. The van der Waals surface area contributed by atoms with Crippen LogP contribution in [-0.2, 0) is 119 Å². The molecule has 0 amide bonds.